The van der Waals surface area contributed by atoms with E-state index in [-0.39, 0.29) is 5.91 Å². The lowest BCUT2D eigenvalue weighted by Gasteiger charge is -2.19. The Balaban J connectivity index is 3.46. The third kappa shape index (κ3) is 6.54. The summed E-state index contributed by atoms with van der Waals surface area (Å²) in [5.74, 6) is 0.0964. The van der Waals surface area contributed by atoms with Gasteiger partial charge in [0, 0.05) is 19.0 Å². The molecule has 3 N–H and O–H groups in total. The molecular formula is C9H21N3O. The molecule has 0 fully saturated rings. The predicted molar refractivity (Wildman–Crippen MR) is 54.4 cm³/mol. The van der Waals surface area contributed by atoms with Gasteiger partial charge in [0.05, 0.1) is 0 Å². The van der Waals surface area contributed by atoms with E-state index in [4.69, 9.17) is 5.73 Å². The molecule has 0 saturated heterocycles. The Bertz CT molecular complexity index is 148. The Morgan fingerprint density at radius 3 is 2.62 bits per heavy atom. The van der Waals surface area contributed by atoms with Crippen LogP contribution in [0.15, 0.2) is 0 Å². The molecule has 4 nitrogen and oxygen atoms in total. The molecule has 0 heterocycles. The number of hydrogen-bond donors (Lipinski definition) is 2. The van der Waals surface area contributed by atoms with Gasteiger partial charge in [-0.3, -0.25) is 4.79 Å². The van der Waals surface area contributed by atoms with E-state index in [9.17, 15) is 4.79 Å². The van der Waals surface area contributed by atoms with Crippen LogP contribution >= 0.6 is 0 Å². The molecule has 13 heavy (non-hydrogen) atoms. The lowest BCUT2D eigenvalue weighted by molar-refractivity contribution is -0.121. The standard InChI is InChI=1S/C9H21N3O/c1-8(12(2)3)7-11-9(13)5-4-6-10/h8H,4-7,10H2,1-3H3,(H,11,13). The molecule has 0 spiro atoms. The van der Waals surface area contributed by atoms with Gasteiger partial charge in [-0.2, -0.15) is 0 Å². The van der Waals surface area contributed by atoms with Gasteiger partial charge in [-0.15, -0.1) is 0 Å². The van der Waals surface area contributed by atoms with Gasteiger partial charge < -0.3 is 16.0 Å². The van der Waals surface area contributed by atoms with Crippen molar-refractivity contribution in [2.24, 2.45) is 5.73 Å². The molecule has 1 amide bonds. The number of hydrogen-bond acceptors (Lipinski definition) is 3. The maximum absolute atomic E-state index is 11.1. The summed E-state index contributed by atoms with van der Waals surface area (Å²) in [5.41, 5.74) is 5.29. The summed E-state index contributed by atoms with van der Waals surface area (Å²) in [5, 5.41) is 2.86. The van der Waals surface area contributed by atoms with Crippen LogP contribution in [0.4, 0.5) is 0 Å². The molecule has 0 aliphatic heterocycles. The highest BCUT2D eigenvalue weighted by Gasteiger charge is 2.06. The first kappa shape index (κ1) is 12.4. The van der Waals surface area contributed by atoms with Crippen LogP contribution in [0.2, 0.25) is 0 Å². The van der Waals surface area contributed by atoms with E-state index in [1.165, 1.54) is 0 Å². The zero-order valence-electron chi connectivity index (χ0n) is 8.84. The van der Waals surface area contributed by atoms with E-state index in [0.29, 0.717) is 25.6 Å². The van der Waals surface area contributed by atoms with E-state index in [2.05, 4.69) is 17.1 Å². The molecule has 0 saturated carbocycles. The largest absolute Gasteiger partial charge is 0.355 e. The first-order valence-corrected chi connectivity index (χ1v) is 4.71. The Labute approximate surface area is 80.5 Å². The van der Waals surface area contributed by atoms with E-state index in [1.807, 2.05) is 14.1 Å². The fraction of sp³-hybridized carbons (Fsp3) is 0.889. The van der Waals surface area contributed by atoms with E-state index < -0.39 is 0 Å². The van der Waals surface area contributed by atoms with Gasteiger partial charge in [-0.1, -0.05) is 0 Å². The van der Waals surface area contributed by atoms with Gasteiger partial charge in [-0.25, -0.2) is 0 Å². The van der Waals surface area contributed by atoms with Crippen LogP contribution in [-0.2, 0) is 4.79 Å². The molecule has 1 unspecified atom stereocenters. The quantitative estimate of drug-likeness (QED) is 0.605. The first-order valence-electron chi connectivity index (χ1n) is 4.71. The van der Waals surface area contributed by atoms with E-state index >= 15 is 0 Å². The van der Waals surface area contributed by atoms with Crippen LogP contribution < -0.4 is 11.1 Å². The van der Waals surface area contributed by atoms with Gasteiger partial charge in [0.1, 0.15) is 0 Å². The maximum Gasteiger partial charge on any atom is 0.220 e. The number of carbonyl (C=O) groups excluding carboxylic acids is 1. The van der Waals surface area contributed by atoms with Crippen molar-refractivity contribution in [1.82, 2.24) is 10.2 Å². The van der Waals surface area contributed by atoms with Crippen LogP contribution in [-0.4, -0.2) is 44.0 Å². The normalized spacial score (nSPS) is 13.0. The highest BCUT2D eigenvalue weighted by atomic mass is 16.1. The zero-order valence-corrected chi connectivity index (χ0v) is 8.84. The lowest BCUT2D eigenvalue weighted by Crippen LogP contribution is -2.38. The molecule has 0 aromatic rings. The molecule has 0 aliphatic carbocycles. The number of nitrogens with zero attached hydrogens (tertiary/aromatic N) is 1. The molecule has 0 aromatic carbocycles. The van der Waals surface area contributed by atoms with Crippen molar-refractivity contribution in [3.63, 3.8) is 0 Å². The predicted octanol–water partition coefficient (Wildman–Crippen LogP) is -0.208. The number of carbonyl (C=O) groups is 1. The third-order valence-corrected chi connectivity index (χ3v) is 2.08. The number of nitrogens with one attached hydrogen (secondary N) is 1. The Hall–Kier alpha value is -0.610. The summed E-state index contributed by atoms with van der Waals surface area (Å²) in [7, 11) is 3.99. The first-order chi connectivity index (χ1) is 6.07. The fourth-order valence-corrected chi connectivity index (χ4v) is 0.795. The van der Waals surface area contributed by atoms with Crippen molar-refractivity contribution in [3.8, 4) is 0 Å². The molecular weight excluding hydrogens is 166 g/mol. The number of amides is 1. The van der Waals surface area contributed by atoms with E-state index in [0.717, 1.165) is 6.42 Å². The van der Waals surface area contributed by atoms with Crippen LogP contribution in [0.5, 0.6) is 0 Å². The minimum Gasteiger partial charge on any atom is -0.355 e. The molecule has 0 rings (SSSR count). The van der Waals surface area contributed by atoms with Gasteiger partial charge in [0.15, 0.2) is 0 Å². The summed E-state index contributed by atoms with van der Waals surface area (Å²) < 4.78 is 0. The third-order valence-electron chi connectivity index (χ3n) is 2.08. The number of nitrogens with two attached hydrogens (primary N) is 1. The second-order valence-corrected chi connectivity index (χ2v) is 3.51. The van der Waals surface area contributed by atoms with Crippen LogP contribution in [0.3, 0.4) is 0 Å². The highest BCUT2D eigenvalue weighted by Crippen LogP contribution is 1.90. The Morgan fingerprint density at radius 1 is 1.54 bits per heavy atom. The van der Waals surface area contributed by atoms with Crippen LogP contribution in [0.1, 0.15) is 19.8 Å². The minimum atomic E-state index is 0.0964. The molecule has 0 bridgehead atoms. The van der Waals surface area contributed by atoms with Gasteiger partial charge >= 0.3 is 0 Å². The Kier molecular flexibility index (Phi) is 6.54. The van der Waals surface area contributed by atoms with Crippen molar-refractivity contribution in [2.45, 2.75) is 25.8 Å². The van der Waals surface area contributed by atoms with Crippen molar-refractivity contribution >= 4 is 5.91 Å². The second-order valence-electron chi connectivity index (χ2n) is 3.51. The van der Waals surface area contributed by atoms with Crippen molar-refractivity contribution in [3.05, 3.63) is 0 Å². The summed E-state index contributed by atoms with van der Waals surface area (Å²) in [6, 6.07) is 0.377. The minimum absolute atomic E-state index is 0.0964. The SMILES string of the molecule is CC(CNC(=O)CCCN)N(C)C. The van der Waals surface area contributed by atoms with Crippen molar-refractivity contribution in [2.75, 3.05) is 27.2 Å². The molecule has 78 valence electrons. The molecule has 0 aromatic heterocycles. The average molecular weight is 187 g/mol. The summed E-state index contributed by atoms with van der Waals surface area (Å²) in [4.78, 5) is 13.2. The Morgan fingerprint density at radius 2 is 2.15 bits per heavy atom. The fourth-order valence-electron chi connectivity index (χ4n) is 0.795. The second kappa shape index (κ2) is 6.86. The van der Waals surface area contributed by atoms with Gasteiger partial charge in [-0.05, 0) is 34.0 Å². The van der Waals surface area contributed by atoms with Gasteiger partial charge in [0.25, 0.3) is 0 Å². The molecule has 1 atom stereocenters. The number of likely N-dealkylation sites (N-methyl/N-ethyl adjacent to an activating group) is 1. The summed E-state index contributed by atoms with van der Waals surface area (Å²) in [6.45, 7) is 3.36. The monoisotopic (exact) mass is 187 g/mol. The summed E-state index contributed by atoms with van der Waals surface area (Å²) >= 11 is 0. The molecule has 0 aliphatic rings. The lowest BCUT2D eigenvalue weighted by atomic mass is 10.2. The number of rotatable bonds is 6. The molecule has 0 radical (unpaired) electrons. The van der Waals surface area contributed by atoms with Gasteiger partial charge in [0.2, 0.25) is 5.91 Å². The topological polar surface area (TPSA) is 58.4 Å². The van der Waals surface area contributed by atoms with Crippen molar-refractivity contribution in [1.29, 1.82) is 0 Å². The molecule has 4 heteroatoms. The van der Waals surface area contributed by atoms with Crippen LogP contribution in [0, 0.1) is 0 Å². The van der Waals surface area contributed by atoms with Crippen LogP contribution in [0.25, 0.3) is 0 Å². The smallest absolute Gasteiger partial charge is 0.220 e. The van der Waals surface area contributed by atoms with E-state index in [1.54, 1.807) is 0 Å². The van der Waals surface area contributed by atoms with Crippen molar-refractivity contribution < 1.29 is 4.79 Å². The maximum atomic E-state index is 11.1. The zero-order chi connectivity index (χ0) is 10.3. The highest BCUT2D eigenvalue weighted by molar-refractivity contribution is 5.75. The average Bonchev–Trinajstić information content (AvgIpc) is 2.10. The summed E-state index contributed by atoms with van der Waals surface area (Å²) in [6.07, 6.45) is 1.30.